The van der Waals surface area contributed by atoms with Gasteiger partial charge in [-0.15, -0.1) is 0 Å². The van der Waals surface area contributed by atoms with Gasteiger partial charge in [-0.25, -0.2) is 4.98 Å². The van der Waals surface area contributed by atoms with Gasteiger partial charge in [0.25, 0.3) is 0 Å². The lowest BCUT2D eigenvalue weighted by Crippen LogP contribution is -2.30. The van der Waals surface area contributed by atoms with Gasteiger partial charge < -0.3 is 20.0 Å². The number of pyridine rings is 1. The number of hydrogen-bond acceptors (Lipinski definition) is 6. The second-order valence-electron chi connectivity index (χ2n) is 6.89. The quantitative estimate of drug-likeness (QED) is 0.371. The van der Waals surface area contributed by atoms with Crippen LogP contribution in [0.4, 0.5) is 5.82 Å². The number of halogens is 1. The van der Waals surface area contributed by atoms with E-state index in [0.717, 1.165) is 30.0 Å². The Hall–Kier alpha value is -3.06. The summed E-state index contributed by atoms with van der Waals surface area (Å²) in [6.45, 7) is 2.17. The summed E-state index contributed by atoms with van der Waals surface area (Å²) >= 11 is 5.91. The largest absolute Gasteiger partial charge is 0.386 e. The SMILES string of the molecule is N/C(=N\OCc1cc(-c2ccc(Cl)cc2)no1)c1ccnc(N2CCCCC2)c1. The number of anilines is 1. The lowest BCUT2D eigenvalue weighted by molar-refractivity contribution is 0.109. The van der Waals surface area contributed by atoms with Crippen molar-refractivity contribution in [2.75, 3.05) is 18.0 Å². The minimum atomic E-state index is 0.130. The van der Waals surface area contributed by atoms with Crippen LogP contribution in [0.2, 0.25) is 5.02 Å². The van der Waals surface area contributed by atoms with E-state index in [1.807, 2.05) is 24.3 Å². The molecule has 2 N–H and O–H groups in total. The van der Waals surface area contributed by atoms with Crippen LogP contribution in [0.3, 0.4) is 0 Å². The summed E-state index contributed by atoms with van der Waals surface area (Å²) in [4.78, 5) is 12.1. The van der Waals surface area contributed by atoms with Crippen molar-refractivity contribution in [1.29, 1.82) is 0 Å². The first-order valence-corrected chi connectivity index (χ1v) is 9.95. The van der Waals surface area contributed by atoms with Crippen LogP contribution < -0.4 is 10.6 Å². The van der Waals surface area contributed by atoms with Crippen molar-refractivity contribution in [2.45, 2.75) is 25.9 Å². The molecule has 29 heavy (non-hydrogen) atoms. The fraction of sp³-hybridized carbons (Fsp3) is 0.286. The molecule has 1 aromatic carbocycles. The van der Waals surface area contributed by atoms with Crippen molar-refractivity contribution in [3.8, 4) is 11.3 Å². The molecular weight excluding hydrogens is 390 g/mol. The molecule has 4 rings (SSSR count). The third kappa shape index (κ3) is 4.86. The predicted octanol–water partition coefficient (Wildman–Crippen LogP) is 4.22. The smallest absolute Gasteiger partial charge is 0.177 e. The van der Waals surface area contributed by atoms with Gasteiger partial charge in [-0.05, 0) is 43.5 Å². The van der Waals surface area contributed by atoms with E-state index in [2.05, 4.69) is 20.2 Å². The number of oxime groups is 1. The first kappa shape index (κ1) is 19.3. The zero-order valence-electron chi connectivity index (χ0n) is 15.9. The maximum atomic E-state index is 6.09. The Balaban J connectivity index is 1.37. The Kier molecular flexibility index (Phi) is 5.95. The lowest BCUT2D eigenvalue weighted by atomic mass is 10.1. The highest BCUT2D eigenvalue weighted by Gasteiger charge is 2.13. The molecule has 0 spiro atoms. The Morgan fingerprint density at radius 2 is 1.93 bits per heavy atom. The van der Waals surface area contributed by atoms with E-state index in [1.165, 1.54) is 19.3 Å². The molecule has 1 saturated heterocycles. The monoisotopic (exact) mass is 411 g/mol. The molecule has 0 radical (unpaired) electrons. The van der Waals surface area contributed by atoms with E-state index >= 15 is 0 Å². The number of hydrogen-bond donors (Lipinski definition) is 1. The van der Waals surface area contributed by atoms with Crippen molar-refractivity contribution in [3.05, 3.63) is 65.0 Å². The summed E-state index contributed by atoms with van der Waals surface area (Å²) in [5, 5.41) is 8.73. The third-order valence-corrected chi connectivity index (χ3v) is 5.04. The number of piperidine rings is 1. The minimum Gasteiger partial charge on any atom is -0.386 e. The topological polar surface area (TPSA) is 89.8 Å². The van der Waals surface area contributed by atoms with E-state index in [9.17, 15) is 0 Å². The number of nitrogens with zero attached hydrogens (tertiary/aromatic N) is 4. The molecule has 0 amide bonds. The molecule has 0 atom stereocenters. The molecule has 0 aliphatic carbocycles. The molecule has 1 aliphatic rings. The van der Waals surface area contributed by atoms with Crippen molar-refractivity contribution in [1.82, 2.24) is 10.1 Å². The summed E-state index contributed by atoms with van der Waals surface area (Å²) in [6.07, 6.45) is 5.40. The Morgan fingerprint density at radius 1 is 1.14 bits per heavy atom. The van der Waals surface area contributed by atoms with Crippen molar-refractivity contribution in [3.63, 3.8) is 0 Å². The van der Waals surface area contributed by atoms with Crippen molar-refractivity contribution < 1.29 is 9.36 Å². The van der Waals surface area contributed by atoms with Crippen LogP contribution in [0.5, 0.6) is 0 Å². The molecule has 0 bridgehead atoms. The van der Waals surface area contributed by atoms with Crippen LogP contribution >= 0.6 is 11.6 Å². The Labute approximate surface area is 174 Å². The van der Waals surface area contributed by atoms with Gasteiger partial charge in [0.1, 0.15) is 11.5 Å². The minimum absolute atomic E-state index is 0.130. The number of amidine groups is 1. The zero-order chi connectivity index (χ0) is 20.1. The molecule has 2 aromatic heterocycles. The fourth-order valence-corrected chi connectivity index (χ4v) is 3.36. The van der Waals surface area contributed by atoms with E-state index in [-0.39, 0.29) is 6.61 Å². The van der Waals surface area contributed by atoms with Crippen molar-refractivity contribution in [2.24, 2.45) is 10.9 Å². The third-order valence-electron chi connectivity index (χ3n) is 4.79. The van der Waals surface area contributed by atoms with Gasteiger partial charge in [-0.3, -0.25) is 0 Å². The van der Waals surface area contributed by atoms with Crippen LogP contribution in [-0.2, 0) is 11.4 Å². The molecule has 1 fully saturated rings. The Bertz CT molecular complexity index is 981. The van der Waals surface area contributed by atoms with Crippen LogP contribution in [0, 0.1) is 0 Å². The summed E-state index contributed by atoms with van der Waals surface area (Å²) in [7, 11) is 0. The second-order valence-corrected chi connectivity index (χ2v) is 7.32. The molecule has 150 valence electrons. The summed E-state index contributed by atoms with van der Waals surface area (Å²) < 4.78 is 5.30. The lowest BCUT2D eigenvalue weighted by Gasteiger charge is -2.27. The maximum absolute atomic E-state index is 6.09. The van der Waals surface area contributed by atoms with Gasteiger partial charge in [-0.1, -0.05) is 34.0 Å². The first-order valence-electron chi connectivity index (χ1n) is 9.57. The average Bonchev–Trinajstić information content (AvgIpc) is 3.24. The fourth-order valence-electron chi connectivity index (χ4n) is 3.23. The van der Waals surface area contributed by atoms with E-state index in [0.29, 0.717) is 22.3 Å². The molecule has 3 heterocycles. The van der Waals surface area contributed by atoms with Crippen LogP contribution in [-0.4, -0.2) is 29.1 Å². The van der Waals surface area contributed by atoms with E-state index in [1.54, 1.807) is 24.4 Å². The maximum Gasteiger partial charge on any atom is 0.177 e. The molecule has 0 saturated carbocycles. The molecule has 1 aliphatic heterocycles. The highest BCUT2D eigenvalue weighted by molar-refractivity contribution is 6.30. The van der Waals surface area contributed by atoms with Gasteiger partial charge in [-0.2, -0.15) is 0 Å². The number of aromatic nitrogens is 2. The number of nitrogens with two attached hydrogens (primary N) is 1. The summed E-state index contributed by atoms with van der Waals surface area (Å²) in [5.74, 6) is 1.77. The predicted molar refractivity (Wildman–Crippen MR) is 113 cm³/mol. The van der Waals surface area contributed by atoms with Gasteiger partial charge in [0, 0.05) is 41.5 Å². The standard InChI is InChI=1S/C21H22ClN5O2/c22-17-6-4-15(5-7-17)19-13-18(29-25-19)14-28-26-21(23)16-8-9-24-20(12-16)27-10-2-1-3-11-27/h4-9,12-13H,1-3,10-11,14H2,(H2,23,26). The molecule has 0 unspecified atom stereocenters. The van der Waals surface area contributed by atoms with Crippen molar-refractivity contribution >= 4 is 23.3 Å². The Morgan fingerprint density at radius 3 is 2.72 bits per heavy atom. The molecule has 8 heteroatoms. The summed E-state index contributed by atoms with van der Waals surface area (Å²) in [5.41, 5.74) is 8.48. The highest BCUT2D eigenvalue weighted by atomic mass is 35.5. The van der Waals surface area contributed by atoms with Gasteiger partial charge >= 0.3 is 0 Å². The number of rotatable bonds is 6. The second kappa shape index (κ2) is 8.96. The van der Waals surface area contributed by atoms with Crippen LogP contribution in [0.1, 0.15) is 30.6 Å². The molecule has 7 nitrogen and oxygen atoms in total. The van der Waals surface area contributed by atoms with Gasteiger partial charge in [0.05, 0.1) is 0 Å². The highest BCUT2D eigenvalue weighted by Crippen LogP contribution is 2.22. The average molecular weight is 412 g/mol. The number of benzene rings is 1. The van der Waals surface area contributed by atoms with Crippen LogP contribution in [0.15, 0.2) is 58.3 Å². The molecular formula is C21H22ClN5O2. The summed E-state index contributed by atoms with van der Waals surface area (Å²) in [6, 6.07) is 12.9. The normalized spacial score (nSPS) is 14.8. The van der Waals surface area contributed by atoms with E-state index in [4.69, 9.17) is 26.7 Å². The zero-order valence-corrected chi connectivity index (χ0v) is 16.7. The van der Waals surface area contributed by atoms with E-state index < -0.39 is 0 Å². The van der Waals surface area contributed by atoms with Gasteiger partial charge in [0.2, 0.25) is 0 Å². The van der Waals surface area contributed by atoms with Gasteiger partial charge in [0.15, 0.2) is 18.2 Å². The molecule has 3 aromatic rings. The van der Waals surface area contributed by atoms with Crippen LogP contribution in [0.25, 0.3) is 11.3 Å². The first-order chi connectivity index (χ1) is 14.2.